The number of amides is 1. The largest absolute Gasteiger partial charge is 0.357 e. The zero-order chi connectivity index (χ0) is 18.6. The molecule has 0 bridgehead atoms. The molecule has 27 heavy (non-hydrogen) atoms. The number of para-hydroxylation sites is 2. The third-order valence-corrected chi connectivity index (χ3v) is 4.78. The molecule has 1 fully saturated rings. The summed E-state index contributed by atoms with van der Waals surface area (Å²) in [5.74, 6) is 0.739. The minimum Gasteiger partial charge on any atom is -0.357 e. The highest BCUT2D eigenvalue weighted by molar-refractivity contribution is 5.79. The third-order valence-electron chi connectivity index (χ3n) is 4.78. The summed E-state index contributed by atoms with van der Waals surface area (Å²) in [5.41, 5.74) is 2.05. The first-order valence-corrected chi connectivity index (χ1v) is 9.12. The second kappa shape index (κ2) is 7.57. The van der Waals surface area contributed by atoms with Crippen molar-refractivity contribution in [3.8, 4) is 0 Å². The zero-order valence-corrected chi connectivity index (χ0v) is 15.0. The monoisotopic (exact) mass is 363 g/mol. The van der Waals surface area contributed by atoms with Gasteiger partial charge in [-0.25, -0.2) is 9.97 Å². The van der Waals surface area contributed by atoms with E-state index in [2.05, 4.69) is 20.2 Å². The lowest BCUT2D eigenvalue weighted by Crippen LogP contribution is -2.32. The molecule has 4 rings (SSSR count). The van der Waals surface area contributed by atoms with Crippen LogP contribution in [0.1, 0.15) is 18.4 Å². The number of pyridine rings is 1. The summed E-state index contributed by atoms with van der Waals surface area (Å²) in [4.78, 5) is 35.3. The Morgan fingerprint density at radius 2 is 1.93 bits per heavy atom. The quantitative estimate of drug-likeness (QED) is 0.746. The van der Waals surface area contributed by atoms with Crippen molar-refractivity contribution in [1.82, 2.24) is 19.9 Å². The Labute approximate surface area is 156 Å². The van der Waals surface area contributed by atoms with Gasteiger partial charge in [0, 0.05) is 25.8 Å². The molecule has 0 spiro atoms. The fourth-order valence-corrected chi connectivity index (χ4v) is 3.37. The number of nitrogens with one attached hydrogen (secondary N) is 1. The maximum Gasteiger partial charge on any atom is 0.269 e. The van der Waals surface area contributed by atoms with Crippen LogP contribution < -0.4 is 15.8 Å². The molecule has 7 heteroatoms. The number of fused-ring (bicyclic) bond motifs is 1. The Balaban J connectivity index is 1.44. The average Bonchev–Trinajstić information content (AvgIpc) is 3.24. The smallest absolute Gasteiger partial charge is 0.269 e. The van der Waals surface area contributed by atoms with Crippen LogP contribution in [0.15, 0.2) is 53.6 Å². The molecular weight excluding hydrogens is 342 g/mol. The number of aromatic nitrogens is 3. The molecule has 0 atom stereocenters. The Morgan fingerprint density at radius 3 is 2.78 bits per heavy atom. The lowest BCUT2D eigenvalue weighted by molar-refractivity contribution is -0.121. The predicted octanol–water partition coefficient (Wildman–Crippen LogP) is 1.71. The van der Waals surface area contributed by atoms with E-state index in [0.717, 1.165) is 24.5 Å². The molecule has 7 nitrogen and oxygen atoms in total. The third kappa shape index (κ3) is 3.81. The summed E-state index contributed by atoms with van der Waals surface area (Å²) < 4.78 is 1.44. The van der Waals surface area contributed by atoms with Gasteiger partial charge in [0.1, 0.15) is 12.4 Å². The number of rotatable bonds is 5. The second-order valence-electron chi connectivity index (χ2n) is 6.66. The van der Waals surface area contributed by atoms with Gasteiger partial charge < -0.3 is 10.2 Å². The van der Waals surface area contributed by atoms with Crippen molar-refractivity contribution in [2.75, 3.05) is 18.0 Å². The molecular formula is C20H21N5O2. The van der Waals surface area contributed by atoms with E-state index in [1.54, 1.807) is 12.3 Å². The average molecular weight is 363 g/mol. The summed E-state index contributed by atoms with van der Waals surface area (Å²) in [6.45, 7) is 2.42. The van der Waals surface area contributed by atoms with Gasteiger partial charge in [0.05, 0.1) is 17.2 Å². The Bertz CT molecular complexity index is 1020. The first-order valence-electron chi connectivity index (χ1n) is 9.12. The van der Waals surface area contributed by atoms with Crippen LogP contribution in [0.2, 0.25) is 0 Å². The van der Waals surface area contributed by atoms with E-state index in [0.29, 0.717) is 17.6 Å². The van der Waals surface area contributed by atoms with Gasteiger partial charge in [0.15, 0.2) is 0 Å². The normalized spacial score (nSPS) is 13.9. The van der Waals surface area contributed by atoms with Crippen LogP contribution in [-0.4, -0.2) is 33.5 Å². The summed E-state index contributed by atoms with van der Waals surface area (Å²) in [6.07, 6.45) is 5.41. The molecule has 3 heterocycles. The molecule has 1 aliphatic heterocycles. The van der Waals surface area contributed by atoms with Gasteiger partial charge in [-0.3, -0.25) is 14.2 Å². The van der Waals surface area contributed by atoms with Crippen molar-refractivity contribution in [2.45, 2.75) is 25.9 Å². The van der Waals surface area contributed by atoms with Gasteiger partial charge in [-0.2, -0.15) is 0 Å². The first kappa shape index (κ1) is 17.2. The van der Waals surface area contributed by atoms with Gasteiger partial charge in [-0.05, 0) is 42.7 Å². The molecule has 0 unspecified atom stereocenters. The number of benzene rings is 1. The van der Waals surface area contributed by atoms with Crippen molar-refractivity contribution in [3.05, 3.63) is 64.7 Å². The van der Waals surface area contributed by atoms with E-state index >= 15 is 0 Å². The summed E-state index contributed by atoms with van der Waals surface area (Å²) in [7, 11) is 0. The molecule has 0 saturated carbocycles. The van der Waals surface area contributed by atoms with Crippen LogP contribution in [0.3, 0.4) is 0 Å². The predicted molar refractivity (Wildman–Crippen MR) is 104 cm³/mol. The number of nitrogens with zero attached hydrogens (tertiary/aromatic N) is 4. The highest BCUT2D eigenvalue weighted by atomic mass is 16.2. The number of hydrogen-bond acceptors (Lipinski definition) is 5. The molecule has 1 N–H and O–H groups in total. The summed E-state index contributed by atoms with van der Waals surface area (Å²) in [5, 5.41) is 2.89. The van der Waals surface area contributed by atoms with Crippen LogP contribution in [0.25, 0.3) is 11.0 Å². The SMILES string of the molecule is O=C(Cn1c(=O)cnc2ccccc21)NCc1ccnc(N2CCCC2)c1. The number of carbonyl (C=O) groups excluding carboxylic acids is 1. The van der Waals surface area contributed by atoms with Gasteiger partial charge in [0.2, 0.25) is 5.91 Å². The second-order valence-corrected chi connectivity index (χ2v) is 6.66. The van der Waals surface area contributed by atoms with E-state index in [9.17, 15) is 9.59 Å². The maximum absolute atomic E-state index is 12.4. The van der Waals surface area contributed by atoms with Crippen molar-refractivity contribution in [3.63, 3.8) is 0 Å². The maximum atomic E-state index is 12.4. The van der Waals surface area contributed by atoms with Crippen molar-refractivity contribution >= 4 is 22.8 Å². The Kier molecular flexibility index (Phi) is 4.82. The highest BCUT2D eigenvalue weighted by Crippen LogP contribution is 2.18. The van der Waals surface area contributed by atoms with Crippen LogP contribution in [0.5, 0.6) is 0 Å². The van der Waals surface area contributed by atoms with E-state index in [1.165, 1.54) is 23.6 Å². The van der Waals surface area contributed by atoms with Crippen LogP contribution in [0, 0.1) is 0 Å². The zero-order valence-electron chi connectivity index (χ0n) is 15.0. The molecule has 3 aromatic rings. The summed E-state index contributed by atoms with van der Waals surface area (Å²) >= 11 is 0. The minimum absolute atomic E-state index is 0.0358. The number of hydrogen-bond donors (Lipinski definition) is 1. The fourth-order valence-electron chi connectivity index (χ4n) is 3.37. The summed E-state index contributed by atoms with van der Waals surface area (Å²) in [6, 6.07) is 11.2. The topological polar surface area (TPSA) is 80.1 Å². The standard InChI is InChI=1S/C20H21N5O2/c26-19(14-25-17-6-2-1-5-16(17)22-13-20(25)27)23-12-15-7-8-21-18(11-15)24-9-3-4-10-24/h1-2,5-8,11,13H,3-4,9-10,12,14H2,(H,23,26). The fraction of sp³-hybridized carbons (Fsp3) is 0.300. The van der Waals surface area contributed by atoms with Crippen molar-refractivity contribution in [2.24, 2.45) is 0 Å². The molecule has 2 aromatic heterocycles. The lowest BCUT2D eigenvalue weighted by Gasteiger charge is -2.17. The van der Waals surface area contributed by atoms with Crippen LogP contribution >= 0.6 is 0 Å². The lowest BCUT2D eigenvalue weighted by atomic mass is 10.2. The molecule has 1 saturated heterocycles. The van der Waals surface area contributed by atoms with Crippen molar-refractivity contribution < 1.29 is 4.79 Å². The van der Waals surface area contributed by atoms with Gasteiger partial charge in [0.25, 0.3) is 5.56 Å². The molecule has 0 radical (unpaired) electrons. The van der Waals surface area contributed by atoms with E-state index in [1.807, 2.05) is 30.3 Å². The van der Waals surface area contributed by atoms with Gasteiger partial charge in [-0.15, -0.1) is 0 Å². The van der Waals surface area contributed by atoms with Gasteiger partial charge >= 0.3 is 0 Å². The number of anilines is 1. The van der Waals surface area contributed by atoms with Crippen LogP contribution in [0.4, 0.5) is 5.82 Å². The molecule has 1 aromatic carbocycles. The Hall–Kier alpha value is -3.22. The molecule has 138 valence electrons. The Morgan fingerprint density at radius 1 is 1.11 bits per heavy atom. The molecule has 1 amide bonds. The first-order chi connectivity index (χ1) is 13.2. The number of carbonyl (C=O) groups is 1. The van der Waals surface area contributed by atoms with Crippen LogP contribution in [-0.2, 0) is 17.9 Å². The highest BCUT2D eigenvalue weighted by Gasteiger charge is 2.14. The molecule has 1 aliphatic rings. The minimum atomic E-state index is -0.288. The molecule has 0 aliphatic carbocycles. The van der Waals surface area contributed by atoms with E-state index < -0.39 is 0 Å². The van der Waals surface area contributed by atoms with E-state index in [4.69, 9.17) is 0 Å². The van der Waals surface area contributed by atoms with E-state index in [-0.39, 0.29) is 18.0 Å². The van der Waals surface area contributed by atoms with Crippen molar-refractivity contribution in [1.29, 1.82) is 0 Å². The van der Waals surface area contributed by atoms with Gasteiger partial charge in [-0.1, -0.05) is 12.1 Å².